The fourth-order valence-electron chi connectivity index (χ4n) is 2.80. The number of sulfone groups is 1. The first-order chi connectivity index (χ1) is 14.5. The maximum Gasteiger partial charge on any atom is 0.412 e. The molecule has 2 amide bonds. The molecule has 0 saturated heterocycles. The van der Waals surface area contributed by atoms with Gasteiger partial charge in [0.2, 0.25) is 0 Å². The first-order valence-electron chi connectivity index (χ1n) is 9.78. The highest BCUT2D eigenvalue weighted by Gasteiger charge is 2.22. The summed E-state index contributed by atoms with van der Waals surface area (Å²) < 4.78 is 35.5. The lowest BCUT2D eigenvalue weighted by molar-refractivity contribution is 0.0635. The maximum atomic E-state index is 12.8. The van der Waals surface area contributed by atoms with Gasteiger partial charge in [-0.1, -0.05) is 19.1 Å². The summed E-state index contributed by atoms with van der Waals surface area (Å²) in [5.74, 6) is -0.262. The van der Waals surface area contributed by atoms with Crippen molar-refractivity contribution in [2.75, 3.05) is 23.5 Å². The molecule has 0 aliphatic heterocycles. The highest BCUT2D eigenvalue weighted by atomic mass is 32.2. The minimum absolute atomic E-state index is 0.0186. The van der Waals surface area contributed by atoms with E-state index in [1.54, 1.807) is 52.0 Å². The second kappa shape index (κ2) is 9.82. The molecular weight excluding hydrogens is 420 g/mol. The number of nitrogens with one attached hydrogen (secondary N) is 2. The van der Waals surface area contributed by atoms with Gasteiger partial charge in [0.05, 0.1) is 29.0 Å². The number of rotatable bonds is 7. The van der Waals surface area contributed by atoms with Crippen LogP contribution in [0.25, 0.3) is 0 Å². The largest absolute Gasteiger partial charge is 0.495 e. The van der Waals surface area contributed by atoms with Crippen LogP contribution in [0.3, 0.4) is 0 Å². The Hall–Kier alpha value is -3.07. The van der Waals surface area contributed by atoms with Crippen LogP contribution in [0.15, 0.2) is 47.4 Å². The van der Waals surface area contributed by atoms with E-state index in [0.717, 1.165) is 0 Å². The monoisotopic (exact) mass is 448 g/mol. The van der Waals surface area contributed by atoms with Crippen molar-refractivity contribution in [2.45, 2.75) is 44.6 Å². The minimum Gasteiger partial charge on any atom is -0.495 e. The van der Waals surface area contributed by atoms with Gasteiger partial charge in [0.25, 0.3) is 5.91 Å². The molecule has 0 unspecified atom stereocenters. The molecule has 168 valence electrons. The number of carbonyl (C=O) groups excluding carboxylic acids is 2. The van der Waals surface area contributed by atoms with E-state index < -0.39 is 27.4 Å². The van der Waals surface area contributed by atoms with Gasteiger partial charge in [-0.25, -0.2) is 13.2 Å². The minimum atomic E-state index is -3.58. The Bertz CT molecular complexity index is 1060. The second-order valence-corrected chi connectivity index (χ2v) is 9.89. The Morgan fingerprint density at radius 1 is 1.03 bits per heavy atom. The van der Waals surface area contributed by atoms with Gasteiger partial charge in [0, 0.05) is 5.69 Å². The smallest absolute Gasteiger partial charge is 0.412 e. The molecule has 0 aromatic heterocycles. The van der Waals surface area contributed by atoms with Crippen molar-refractivity contribution in [1.29, 1.82) is 0 Å². The van der Waals surface area contributed by atoms with E-state index in [4.69, 9.17) is 9.47 Å². The molecule has 0 radical (unpaired) electrons. The normalized spacial score (nSPS) is 11.5. The van der Waals surface area contributed by atoms with E-state index in [1.807, 2.05) is 0 Å². The number of anilines is 2. The summed E-state index contributed by atoms with van der Waals surface area (Å²) in [4.78, 5) is 24.9. The van der Waals surface area contributed by atoms with Crippen LogP contribution in [-0.2, 0) is 14.6 Å². The fourth-order valence-corrected chi connectivity index (χ4v) is 4.34. The van der Waals surface area contributed by atoms with Crippen LogP contribution in [-0.4, -0.2) is 38.9 Å². The Labute approximate surface area is 182 Å². The van der Waals surface area contributed by atoms with Gasteiger partial charge in [-0.2, -0.15) is 0 Å². The van der Waals surface area contributed by atoms with Gasteiger partial charge in [-0.3, -0.25) is 10.1 Å². The molecule has 0 bridgehead atoms. The number of amides is 2. The zero-order valence-electron chi connectivity index (χ0n) is 18.3. The quantitative estimate of drug-likeness (QED) is 0.646. The molecule has 2 rings (SSSR count). The van der Waals surface area contributed by atoms with Crippen molar-refractivity contribution >= 4 is 33.2 Å². The Balaban J connectivity index is 2.30. The maximum absolute atomic E-state index is 12.8. The number of methoxy groups -OCH3 is 1. The Kier molecular flexibility index (Phi) is 7.67. The van der Waals surface area contributed by atoms with E-state index in [2.05, 4.69) is 10.6 Å². The van der Waals surface area contributed by atoms with Gasteiger partial charge in [-0.05, 0) is 57.5 Å². The molecule has 0 saturated carbocycles. The summed E-state index contributed by atoms with van der Waals surface area (Å²) in [6.45, 7) is 6.98. The van der Waals surface area contributed by atoms with E-state index in [0.29, 0.717) is 23.5 Å². The molecule has 31 heavy (non-hydrogen) atoms. The highest BCUT2D eigenvalue weighted by Crippen LogP contribution is 2.29. The van der Waals surface area contributed by atoms with Crippen molar-refractivity contribution in [3.8, 4) is 5.75 Å². The van der Waals surface area contributed by atoms with Gasteiger partial charge in [-0.15, -0.1) is 0 Å². The van der Waals surface area contributed by atoms with E-state index >= 15 is 0 Å². The first-order valence-corrected chi connectivity index (χ1v) is 11.4. The molecule has 8 nitrogen and oxygen atoms in total. The van der Waals surface area contributed by atoms with Gasteiger partial charge < -0.3 is 14.8 Å². The highest BCUT2D eigenvalue weighted by molar-refractivity contribution is 7.91. The molecule has 0 atom stereocenters. The summed E-state index contributed by atoms with van der Waals surface area (Å²) in [6, 6.07) is 10.7. The van der Waals surface area contributed by atoms with Crippen LogP contribution in [0.4, 0.5) is 16.2 Å². The average molecular weight is 449 g/mol. The summed E-state index contributed by atoms with van der Waals surface area (Å²) in [5.41, 5.74) is 0.00557. The molecule has 2 aromatic carbocycles. The third-order valence-corrected chi connectivity index (χ3v) is 6.00. The van der Waals surface area contributed by atoms with Crippen molar-refractivity contribution in [3.05, 3.63) is 48.0 Å². The molecule has 2 N–H and O–H groups in total. The summed E-state index contributed by atoms with van der Waals surface area (Å²) in [6.07, 6.45) is -0.235. The summed E-state index contributed by atoms with van der Waals surface area (Å²) in [7, 11) is -2.14. The topological polar surface area (TPSA) is 111 Å². The molecule has 0 aliphatic rings. The molecule has 9 heteroatoms. The number of ether oxygens (including phenoxy) is 2. The third kappa shape index (κ3) is 6.71. The average Bonchev–Trinajstić information content (AvgIpc) is 2.66. The van der Waals surface area contributed by atoms with Crippen LogP contribution >= 0.6 is 0 Å². The Morgan fingerprint density at radius 3 is 2.32 bits per heavy atom. The van der Waals surface area contributed by atoms with Crippen LogP contribution in [0.1, 0.15) is 44.5 Å². The lowest BCUT2D eigenvalue weighted by Crippen LogP contribution is -2.27. The fraction of sp³-hybridized carbons (Fsp3) is 0.364. The number of carbonyl (C=O) groups is 2. The molecule has 0 heterocycles. The SMILES string of the molecule is CCCS(=O)(=O)c1ccccc1C(=O)Nc1ccc(OC)c(NC(=O)OC(C)(C)C)c1. The molecular formula is C22H28N2O6S. The lowest BCUT2D eigenvalue weighted by atomic mass is 10.2. The predicted octanol–water partition coefficient (Wildman–Crippen LogP) is 4.48. The zero-order valence-corrected chi connectivity index (χ0v) is 19.1. The van der Waals surface area contributed by atoms with E-state index in [9.17, 15) is 18.0 Å². The second-order valence-electron chi connectivity index (χ2n) is 7.81. The van der Waals surface area contributed by atoms with Crippen LogP contribution < -0.4 is 15.4 Å². The van der Waals surface area contributed by atoms with Crippen molar-refractivity contribution in [3.63, 3.8) is 0 Å². The van der Waals surface area contributed by atoms with Crippen LogP contribution in [0.2, 0.25) is 0 Å². The van der Waals surface area contributed by atoms with Crippen molar-refractivity contribution in [2.24, 2.45) is 0 Å². The Morgan fingerprint density at radius 2 is 1.71 bits per heavy atom. The number of hydrogen-bond acceptors (Lipinski definition) is 6. The molecule has 0 fully saturated rings. The summed E-state index contributed by atoms with van der Waals surface area (Å²) >= 11 is 0. The zero-order chi connectivity index (χ0) is 23.2. The lowest BCUT2D eigenvalue weighted by Gasteiger charge is -2.20. The molecule has 0 spiro atoms. The number of benzene rings is 2. The molecule has 2 aromatic rings. The third-order valence-electron chi connectivity index (χ3n) is 4.03. The van der Waals surface area contributed by atoms with Gasteiger partial charge >= 0.3 is 6.09 Å². The van der Waals surface area contributed by atoms with Gasteiger partial charge in [0.1, 0.15) is 11.4 Å². The van der Waals surface area contributed by atoms with Crippen molar-refractivity contribution < 1.29 is 27.5 Å². The predicted molar refractivity (Wildman–Crippen MR) is 120 cm³/mol. The summed E-state index contributed by atoms with van der Waals surface area (Å²) in [5, 5.41) is 5.27. The van der Waals surface area contributed by atoms with E-state index in [1.165, 1.54) is 25.3 Å². The first kappa shape index (κ1) is 24.2. The van der Waals surface area contributed by atoms with E-state index in [-0.39, 0.29) is 16.2 Å². The van der Waals surface area contributed by atoms with Gasteiger partial charge in [0.15, 0.2) is 9.84 Å². The van der Waals surface area contributed by atoms with Crippen LogP contribution in [0, 0.1) is 0 Å². The van der Waals surface area contributed by atoms with Crippen molar-refractivity contribution in [1.82, 2.24) is 0 Å². The number of hydrogen-bond donors (Lipinski definition) is 2. The standard InChI is InChI=1S/C22H28N2O6S/c1-6-13-31(27,28)19-10-8-7-9-16(19)20(25)23-15-11-12-18(29-5)17(14-15)24-21(26)30-22(2,3)4/h7-12,14H,6,13H2,1-5H3,(H,23,25)(H,24,26). The van der Waals surface area contributed by atoms with Crippen LogP contribution in [0.5, 0.6) is 5.75 Å². The molecule has 0 aliphatic carbocycles.